The van der Waals surface area contributed by atoms with Crippen LogP contribution in [0.1, 0.15) is 43.1 Å². The third kappa shape index (κ3) is 2.96. The number of morpholine rings is 1. The number of benzene rings is 1. The summed E-state index contributed by atoms with van der Waals surface area (Å²) in [7, 11) is 0. The highest BCUT2D eigenvalue weighted by molar-refractivity contribution is 5.89. The smallest absolute Gasteiger partial charge is 0.335 e. The molecular weight excluding hydrogens is 254 g/mol. The van der Waals surface area contributed by atoms with Crippen LogP contribution in [-0.4, -0.2) is 37.4 Å². The van der Waals surface area contributed by atoms with Crippen molar-refractivity contribution in [3.63, 3.8) is 0 Å². The largest absolute Gasteiger partial charge is 0.478 e. The number of ether oxygens (including phenoxy) is 1. The zero-order valence-corrected chi connectivity index (χ0v) is 12.5. The van der Waals surface area contributed by atoms with Gasteiger partial charge in [0.05, 0.1) is 18.8 Å². The van der Waals surface area contributed by atoms with Crippen molar-refractivity contribution in [2.75, 3.05) is 31.2 Å². The average molecular weight is 277 g/mol. The van der Waals surface area contributed by atoms with Gasteiger partial charge in [-0.2, -0.15) is 0 Å². The first-order chi connectivity index (χ1) is 9.45. The second kappa shape index (κ2) is 5.83. The van der Waals surface area contributed by atoms with Crippen LogP contribution in [0, 0.1) is 0 Å². The van der Waals surface area contributed by atoms with Crippen molar-refractivity contribution in [2.45, 2.75) is 32.6 Å². The molecule has 1 saturated heterocycles. The van der Waals surface area contributed by atoms with E-state index < -0.39 is 5.97 Å². The van der Waals surface area contributed by atoms with E-state index in [1.807, 2.05) is 6.07 Å². The van der Waals surface area contributed by atoms with Crippen LogP contribution in [0.15, 0.2) is 18.2 Å². The van der Waals surface area contributed by atoms with Crippen LogP contribution in [0.4, 0.5) is 5.69 Å². The van der Waals surface area contributed by atoms with Crippen molar-refractivity contribution in [1.82, 2.24) is 0 Å². The Bertz CT molecular complexity index is 490. The van der Waals surface area contributed by atoms with E-state index in [1.165, 1.54) is 5.56 Å². The summed E-state index contributed by atoms with van der Waals surface area (Å²) in [5, 5.41) is 9.22. The highest BCUT2D eigenvalue weighted by Gasteiger charge is 2.26. The van der Waals surface area contributed by atoms with E-state index in [2.05, 4.69) is 25.7 Å². The Balaban J connectivity index is 2.47. The Morgan fingerprint density at radius 1 is 1.35 bits per heavy atom. The topological polar surface area (TPSA) is 49.8 Å². The van der Waals surface area contributed by atoms with Crippen molar-refractivity contribution >= 4 is 11.7 Å². The van der Waals surface area contributed by atoms with Gasteiger partial charge in [0, 0.05) is 18.8 Å². The molecule has 20 heavy (non-hydrogen) atoms. The Kier molecular flexibility index (Phi) is 4.33. The maximum atomic E-state index is 11.2. The van der Waals surface area contributed by atoms with Gasteiger partial charge in [-0.05, 0) is 29.5 Å². The van der Waals surface area contributed by atoms with Crippen LogP contribution >= 0.6 is 0 Å². The first-order valence-electron chi connectivity index (χ1n) is 7.16. The summed E-state index contributed by atoms with van der Waals surface area (Å²) >= 11 is 0. The highest BCUT2D eigenvalue weighted by atomic mass is 16.5. The summed E-state index contributed by atoms with van der Waals surface area (Å²) in [6.07, 6.45) is 1.01. The van der Waals surface area contributed by atoms with E-state index in [0.717, 1.165) is 25.2 Å². The summed E-state index contributed by atoms with van der Waals surface area (Å²) in [6.45, 7) is 9.59. The van der Waals surface area contributed by atoms with Crippen LogP contribution in [-0.2, 0) is 10.2 Å². The summed E-state index contributed by atoms with van der Waals surface area (Å²) < 4.78 is 5.39. The highest BCUT2D eigenvalue weighted by Crippen LogP contribution is 2.35. The van der Waals surface area contributed by atoms with Gasteiger partial charge >= 0.3 is 5.97 Å². The van der Waals surface area contributed by atoms with Crippen molar-refractivity contribution in [2.24, 2.45) is 0 Å². The summed E-state index contributed by atoms with van der Waals surface area (Å²) in [6, 6.07) is 5.48. The molecule has 0 unspecified atom stereocenters. The second-order valence-electron chi connectivity index (χ2n) is 5.87. The summed E-state index contributed by atoms with van der Waals surface area (Å²) in [5.41, 5.74) is 2.64. The maximum Gasteiger partial charge on any atom is 0.335 e. The van der Waals surface area contributed by atoms with Gasteiger partial charge in [0.2, 0.25) is 0 Å². The third-order valence-electron chi connectivity index (χ3n) is 4.21. The van der Waals surface area contributed by atoms with Crippen LogP contribution in [0.3, 0.4) is 0 Å². The minimum absolute atomic E-state index is 0.0324. The van der Waals surface area contributed by atoms with Crippen molar-refractivity contribution in [3.05, 3.63) is 29.3 Å². The average Bonchev–Trinajstić information content (AvgIpc) is 2.47. The Morgan fingerprint density at radius 2 is 2.00 bits per heavy atom. The summed E-state index contributed by atoms with van der Waals surface area (Å²) in [5.74, 6) is -0.875. The molecule has 4 nitrogen and oxygen atoms in total. The van der Waals surface area contributed by atoms with Gasteiger partial charge in [-0.1, -0.05) is 26.8 Å². The Hall–Kier alpha value is -1.55. The van der Waals surface area contributed by atoms with Crippen LogP contribution in [0.5, 0.6) is 0 Å². The molecule has 110 valence electrons. The lowest BCUT2D eigenvalue weighted by molar-refractivity contribution is 0.0697. The molecule has 0 spiro atoms. The second-order valence-corrected chi connectivity index (χ2v) is 5.87. The summed E-state index contributed by atoms with van der Waals surface area (Å²) in [4.78, 5) is 13.5. The lowest BCUT2D eigenvalue weighted by Crippen LogP contribution is -2.38. The van der Waals surface area contributed by atoms with Crippen LogP contribution < -0.4 is 4.90 Å². The molecule has 1 N–H and O–H groups in total. The molecule has 1 aliphatic rings. The molecule has 1 aliphatic heterocycles. The van der Waals surface area contributed by atoms with Gasteiger partial charge in [-0.25, -0.2) is 4.79 Å². The van der Waals surface area contributed by atoms with Crippen LogP contribution in [0.2, 0.25) is 0 Å². The molecule has 1 heterocycles. The van der Waals surface area contributed by atoms with E-state index in [0.29, 0.717) is 18.8 Å². The first kappa shape index (κ1) is 14.9. The van der Waals surface area contributed by atoms with Gasteiger partial charge < -0.3 is 14.7 Å². The zero-order valence-electron chi connectivity index (χ0n) is 12.5. The van der Waals surface area contributed by atoms with Gasteiger partial charge in [-0.15, -0.1) is 0 Å². The number of anilines is 1. The fourth-order valence-corrected chi connectivity index (χ4v) is 2.49. The SMILES string of the molecule is CCC(C)(C)c1ccc(C(=O)O)cc1N1CCOCC1. The number of rotatable bonds is 4. The molecule has 1 aromatic carbocycles. The van der Waals surface area contributed by atoms with Crippen molar-refractivity contribution in [1.29, 1.82) is 0 Å². The molecule has 0 bridgehead atoms. The van der Waals surface area contributed by atoms with E-state index in [4.69, 9.17) is 4.74 Å². The quantitative estimate of drug-likeness (QED) is 0.919. The molecule has 0 amide bonds. The van der Waals surface area contributed by atoms with E-state index in [-0.39, 0.29) is 5.41 Å². The Morgan fingerprint density at radius 3 is 2.55 bits per heavy atom. The predicted molar refractivity (Wildman–Crippen MR) is 79.8 cm³/mol. The minimum atomic E-state index is -0.875. The molecule has 0 aromatic heterocycles. The van der Waals surface area contributed by atoms with Gasteiger partial charge in [0.25, 0.3) is 0 Å². The fraction of sp³-hybridized carbons (Fsp3) is 0.562. The standard InChI is InChI=1S/C16H23NO3/c1-4-16(2,3)13-6-5-12(15(18)19)11-14(13)17-7-9-20-10-8-17/h5-6,11H,4,7-10H2,1-3H3,(H,18,19). The molecule has 1 fully saturated rings. The number of aromatic carboxylic acids is 1. The molecule has 1 aromatic rings. The number of carboxylic acids is 1. The van der Waals surface area contributed by atoms with Gasteiger partial charge in [-0.3, -0.25) is 0 Å². The van der Waals surface area contributed by atoms with E-state index in [9.17, 15) is 9.90 Å². The van der Waals surface area contributed by atoms with Crippen molar-refractivity contribution in [3.8, 4) is 0 Å². The minimum Gasteiger partial charge on any atom is -0.478 e. The number of hydrogen-bond donors (Lipinski definition) is 1. The first-order valence-corrected chi connectivity index (χ1v) is 7.16. The van der Waals surface area contributed by atoms with Crippen LogP contribution in [0.25, 0.3) is 0 Å². The predicted octanol–water partition coefficient (Wildman–Crippen LogP) is 2.91. The van der Waals surface area contributed by atoms with Gasteiger partial charge in [0.15, 0.2) is 0 Å². The Labute approximate surface area is 120 Å². The monoisotopic (exact) mass is 277 g/mol. The lowest BCUT2D eigenvalue weighted by Gasteiger charge is -2.35. The fourth-order valence-electron chi connectivity index (χ4n) is 2.49. The lowest BCUT2D eigenvalue weighted by atomic mass is 9.80. The molecule has 0 radical (unpaired) electrons. The number of carboxylic acid groups (broad SMARTS) is 1. The maximum absolute atomic E-state index is 11.2. The number of carbonyl (C=O) groups is 1. The molecule has 0 saturated carbocycles. The molecule has 0 atom stereocenters. The van der Waals surface area contributed by atoms with Crippen molar-refractivity contribution < 1.29 is 14.6 Å². The normalized spacial score (nSPS) is 16.2. The van der Waals surface area contributed by atoms with Gasteiger partial charge in [0.1, 0.15) is 0 Å². The van der Waals surface area contributed by atoms with E-state index >= 15 is 0 Å². The molecule has 2 rings (SSSR count). The number of nitrogens with zero attached hydrogens (tertiary/aromatic N) is 1. The number of hydrogen-bond acceptors (Lipinski definition) is 3. The molecular formula is C16H23NO3. The third-order valence-corrected chi connectivity index (χ3v) is 4.21. The zero-order chi connectivity index (χ0) is 14.8. The van der Waals surface area contributed by atoms with E-state index in [1.54, 1.807) is 12.1 Å². The molecule has 4 heteroatoms. The molecule has 0 aliphatic carbocycles.